The van der Waals surface area contributed by atoms with E-state index in [0.717, 1.165) is 5.56 Å². The Bertz CT molecular complexity index is 2280. The van der Waals surface area contributed by atoms with Gasteiger partial charge in [0.05, 0.1) is 51.8 Å². The number of rotatable bonds is 9. The highest BCUT2D eigenvalue weighted by atomic mass is 16.8. The van der Waals surface area contributed by atoms with Crippen molar-refractivity contribution in [2.45, 2.75) is 222 Å². The Morgan fingerprint density at radius 3 is 0.721 bits per heavy atom. The molecule has 0 radical (unpaired) electrons. The molecule has 20 N–H and O–H groups in total. The van der Waals surface area contributed by atoms with Gasteiger partial charge in [-0.05, 0) is 19.1 Å². The van der Waals surface area contributed by atoms with Crippen LogP contribution in [0.1, 0.15) is 15.9 Å². The zero-order valence-corrected chi connectivity index (χ0v) is 45.4. The molecule has 21 heterocycles. The van der Waals surface area contributed by atoms with E-state index in [1.807, 2.05) is 0 Å². The van der Waals surface area contributed by atoms with Crippen LogP contribution in [0, 0.1) is 6.92 Å². The van der Waals surface area contributed by atoms with E-state index in [2.05, 4.69) is 0 Å². The summed E-state index contributed by atoms with van der Waals surface area (Å²) >= 11 is 0. The molecular weight excluding hydrogens is 1180 g/mol. The van der Waals surface area contributed by atoms with Gasteiger partial charge in [-0.1, -0.05) is 17.7 Å². The zero-order valence-electron chi connectivity index (χ0n) is 45.4. The molecule has 21 aliphatic heterocycles. The number of aryl methyl sites for hydroxylation is 1. The first-order valence-corrected chi connectivity index (χ1v) is 27.6. The molecule has 36 heteroatoms. The fourth-order valence-corrected chi connectivity index (χ4v) is 11.4. The van der Waals surface area contributed by atoms with Crippen molar-refractivity contribution in [3.8, 4) is 0 Å². The molecule has 0 unspecified atom stereocenters. The molecule has 21 aliphatic rings. The molecule has 0 aliphatic carbocycles. The molecule has 492 valence electrons. The van der Waals surface area contributed by atoms with Gasteiger partial charge >= 0.3 is 5.97 Å². The number of carbonyl (C=O) groups excluding carboxylic acids is 1. The van der Waals surface area contributed by atoms with Crippen molar-refractivity contribution in [2.24, 2.45) is 0 Å². The minimum Gasteiger partial charge on any atom is -0.453 e. The van der Waals surface area contributed by atoms with Crippen LogP contribution in [0.3, 0.4) is 0 Å². The number of esters is 1. The lowest BCUT2D eigenvalue weighted by molar-refractivity contribution is -0.396. The maximum absolute atomic E-state index is 13.8. The standard InChI is InChI=1S/C50H76O36/c1-13-2-4-14(5-3-13)43(71)79-42-34(70)50-78-21(12-57)41(42)86-49-33(69)27(63)39(19(10-55)77-49)84-47-31(67)25(61)37(17(8-53)75-47)82-45-29(65)23(59)35(15(6-51)73-45)80-44-28(64)22(58)36(16(7-52)72-44)81-46-30(66)24(60)38(18(9-54)74-46)83-48-32(68)26(62)40(85-50)20(11-56)76-48/h2-5,15-42,44-70H,6-12H2,1H3/t15-,16-,17-,18-,19-,20-,21-,22-,23-,24-,25-,26-,27-,28-,29-,30-,31-,32-,33-,34-,35-,36-,37-,38-,39-,40-,41-,42-,44-,45-,46-,47-,48-,49-,50-/m1/s1. The molecule has 21 fully saturated rings. The monoisotopic (exact) mass is 1250 g/mol. The third-order valence-corrected chi connectivity index (χ3v) is 16.3. The normalized spacial score (nSPS) is 50.7. The lowest BCUT2D eigenvalue weighted by Gasteiger charge is -2.50. The highest BCUT2D eigenvalue weighted by Gasteiger charge is 2.60. The van der Waals surface area contributed by atoms with Crippen LogP contribution in [0.2, 0.25) is 0 Å². The Balaban J connectivity index is 1.03. The summed E-state index contributed by atoms with van der Waals surface area (Å²) in [5, 5.41) is 223. The van der Waals surface area contributed by atoms with E-state index < -0.39 is 267 Å². The van der Waals surface area contributed by atoms with Gasteiger partial charge in [0.1, 0.15) is 165 Å². The summed E-state index contributed by atoms with van der Waals surface area (Å²) in [5.41, 5.74) is 0.621. The molecule has 0 amide bonds. The summed E-state index contributed by atoms with van der Waals surface area (Å²) in [5.74, 6) is -1.13. The van der Waals surface area contributed by atoms with Gasteiger partial charge in [-0.2, -0.15) is 0 Å². The summed E-state index contributed by atoms with van der Waals surface area (Å²) in [7, 11) is 0. The van der Waals surface area contributed by atoms with E-state index in [9.17, 15) is 107 Å². The van der Waals surface area contributed by atoms with E-state index in [1.54, 1.807) is 19.1 Å². The van der Waals surface area contributed by atoms with Crippen LogP contribution in [0.25, 0.3) is 0 Å². The molecule has 36 nitrogen and oxygen atoms in total. The van der Waals surface area contributed by atoms with Crippen molar-refractivity contribution in [2.75, 3.05) is 46.2 Å². The van der Waals surface area contributed by atoms with Gasteiger partial charge in [-0.3, -0.25) is 0 Å². The van der Waals surface area contributed by atoms with Crippen LogP contribution in [0.4, 0.5) is 0 Å². The average molecular weight is 1250 g/mol. The highest BCUT2D eigenvalue weighted by molar-refractivity contribution is 5.89. The lowest BCUT2D eigenvalue weighted by atomic mass is 9.95. The van der Waals surface area contributed by atoms with Gasteiger partial charge in [-0.25, -0.2) is 4.79 Å². The van der Waals surface area contributed by atoms with E-state index >= 15 is 0 Å². The number of hydrogen-bond acceptors (Lipinski definition) is 36. The van der Waals surface area contributed by atoms with Crippen molar-refractivity contribution in [3.05, 3.63) is 35.4 Å². The highest BCUT2D eigenvalue weighted by Crippen LogP contribution is 2.39. The summed E-state index contributed by atoms with van der Waals surface area (Å²) < 4.78 is 86.7. The van der Waals surface area contributed by atoms with E-state index in [1.165, 1.54) is 12.1 Å². The van der Waals surface area contributed by atoms with Crippen LogP contribution in [0.15, 0.2) is 24.3 Å². The van der Waals surface area contributed by atoms with Crippen molar-refractivity contribution in [3.63, 3.8) is 0 Å². The predicted molar refractivity (Wildman–Crippen MR) is 263 cm³/mol. The second-order valence-corrected chi connectivity index (χ2v) is 21.9. The Hall–Kier alpha value is -2.67. The smallest absolute Gasteiger partial charge is 0.338 e. The van der Waals surface area contributed by atoms with Gasteiger partial charge < -0.3 is 173 Å². The molecule has 0 spiro atoms. The summed E-state index contributed by atoms with van der Waals surface area (Å²) in [6.45, 7) is -5.81. The summed E-state index contributed by atoms with van der Waals surface area (Å²) in [6.07, 6.45) is -71.5. The van der Waals surface area contributed by atoms with Gasteiger partial charge in [-0.15, -0.1) is 0 Å². The molecule has 1 aromatic rings. The van der Waals surface area contributed by atoms with Gasteiger partial charge in [0.15, 0.2) is 50.1 Å². The molecule has 35 atom stereocenters. The fraction of sp³-hybridized carbons (Fsp3) is 0.860. The predicted octanol–water partition coefficient (Wildman–Crippen LogP) is -13.1. The molecule has 0 saturated carbocycles. The first-order chi connectivity index (χ1) is 41.0. The second kappa shape index (κ2) is 28.9. The number of ether oxygens (including phenoxy) is 15. The Morgan fingerprint density at radius 2 is 0.500 bits per heavy atom. The third-order valence-electron chi connectivity index (χ3n) is 16.3. The summed E-state index contributed by atoms with van der Waals surface area (Å²) in [4.78, 5) is 13.8. The Labute approximate surface area is 486 Å². The van der Waals surface area contributed by atoms with E-state index in [0.29, 0.717) is 0 Å². The van der Waals surface area contributed by atoms with Crippen LogP contribution < -0.4 is 0 Å². The first-order valence-electron chi connectivity index (χ1n) is 27.6. The van der Waals surface area contributed by atoms with Gasteiger partial charge in [0.25, 0.3) is 0 Å². The van der Waals surface area contributed by atoms with Crippen LogP contribution in [-0.4, -0.2) is 369 Å². The molecular formula is C50H76O36. The minimum atomic E-state index is -2.28. The molecule has 21 saturated heterocycles. The van der Waals surface area contributed by atoms with E-state index in [4.69, 9.17) is 71.1 Å². The number of aliphatic hydroxyl groups is 20. The van der Waals surface area contributed by atoms with Crippen molar-refractivity contribution in [1.82, 2.24) is 0 Å². The topological polar surface area (TPSA) is 560 Å². The average Bonchev–Trinajstić information content (AvgIpc) is 1.84. The third kappa shape index (κ3) is 13.5. The SMILES string of the molecule is Cc1ccc(C(=O)O[C@@H]2[C@@H](O)[C@H]3O[C@H]4[C@H](O)[C@@H](O)[C@@H](O[C@H]5[C@H](O)[C@@H](O)[C@@H](O[C@H]6[C@H](O)[C@@H](O)[C@@H](O[C@H]7[C@H](O)[C@@H](O)[C@@H](O[C@H]8[C@H](O)[C@@H](O)[C@@H](O[C@H]9[C@H](O)[C@@H](O)[C@@H](O[C@@H]2[C@@H](CO)O3)O[C@@H]9CO)O[C@@H]8CO)O[C@@H]7CO)O[C@@H]6CO)O[C@@H]5CO)O[C@@H]4CO)cc1. The molecule has 1 aromatic carbocycles. The molecule has 86 heavy (non-hydrogen) atoms. The van der Waals surface area contributed by atoms with E-state index in [-0.39, 0.29) is 5.56 Å². The second-order valence-electron chi connectivity index (χ2n) is 21.9. The number of hydrogen-bond donors (Lipinski definition) is 20. The Kier molecular flexibility index (Phi) is 22.7. The number of carbonyl (C=O) groups is 1. The van der Waals surface area contributed by atoms with Crippen LogP contribution in [-0.2, 0) is 71.1 Å². The summed E-state index contributed by atoms with van der Waals surface area (Å²) in [6, 6.07) is 5.79. The largest absolute Gasteiger partial charge is 0.453 e. The molecule has 22 rings (SSSR count). The van der Waals surface area contributed by atoms with Crippen molar-refractivity contribution in [1.29, 1.82) is 0 Å². The minimum absolute atomic E-state index is 0.0966. The van der Waals surface area contributed by atoms with Gasteiger partial charge in [0, 0.05) is 0 Å². The van der Waals surface area contributed by atoms with Crippen LogP contribution in [0.5, 0.6) is 0 Å². The quantitative estimate of drug-likeness (QED) is 0.102. The lowest BCUT2D eigenvalue weighted by Crippen LogP contribution is -2.68. The number of aliphatic hydroxyl groups excluding tert-OH is 20. The fourth-order valence-electron chi connectivity index (χ4n) is 11.4. The van der Waals surface area contributed by atoms with Crippen molar-refractivity contribution >= 4 is 5.97 Å². The number of benzene rings is 1. The van der Waals surface area contributed by atoms with Crippen LogP contribution >= 0.6 is 0 Å². The zero-order chi connectivity index (χ0) is 62.3. The maximum Gasteiger partial charge on any atom is 0.338 e. The first kappa shape index (κ1) is 67.7. The van der Waals surface area contributed by atoms with Gasteiger partial charge in [0.2, 0.25) is 0 Å². The van der Waals surface area contributed by atoms with Crippen molar-refractivity contribution < 1.29 is 178 Å². The maximum atomic E-state index is 13.8. The molecule has 0 aromatic heterocycles. The molecule has 14 bridgehead atoms. The Morgan fingerprint density at radius 1 is 0.302 bits per heavy atom.